The van der Waals surface area contributed by atoms with Crippen molar-refractivity contribution in [1.82, 2.24) is 15.2 Å². The van der Waals surface area contributed by atoms with Gasteiger partial charge in [0.05, 0.1) is 10.6 Å². The number of halogens is 2. The fourth-order valence-electron chi connectivity index (χ4n) is 3.08. The van der Waals surface area contributed by atoms with Gasteiger partial charge in [-0.25, -0.2) is 13.4 Å². The number of aromatic amines is 1. The summed E-state index contributed by atoms with van der Waals surface area (Å²) < 4.78 is 47.8. The van der Waals surface area contributed by atoms with Crippen molar-refractivity contribution in [3.8, 4) is 0 Å². The van der Waals surface area contributed by atoms with Crippen molar-refractivity contribution in [2.75, 3.05) is 11.1 Å². The zero-order valence-electron chi connectivity index (χ0n) is 14.9. The first-order valence-corrected chi connectivity index (χ1v) is 11.3. The number of sulfone groups is 1. The van der Waals surface area contributed by atoms with E-state index in [-0.39, 0.29) is 11.7 Å². The van der Waals surface area contributed by atoms with E-state index in [1.165, 1.54) is 49.6 Å². The van der Waals surface area contributed by atoms with Crippen LogP contribution in [0.25, 0.3) is 0 Å². The molecule has 1 aliphatic carbocycles. The van der Waals surface area contributed by atoms with E-state index < -0.39 is 20.5 Å². The number of carbonyl (C=O) groups excluding carboxylic acids is 1. The standard InChI is InChI=1S/C17H20F2N4O3S2/c18-16(19)28(25,26)13-7-5-12(6-8-13)20-15(24)10-27-17-21-14(22-23-17)9-11-3-1-2-4-11/h5-8,11,16H,1-4,9-10H2,(H,20,24)(H,21,22,23). The van der Waals surface area contributed by atoms with E-state index in [2.05, 4.69) is 20.5 Å². The van der Waals surface area contributed by atoms with Gasteiger partial charge in [0, 0.05) is 12.1 Å². The highest BCUT2D eigenvalue weighted by Gasteiger charge is 2.26. The monoisotopic (exact) mass is 430 g/mol. The number of anilines is 1. The minimum absolute atomic E-state index is 0.0673. The topological polar surface area (TPSA) is 105 Å². The number of hydrogen-bond acceptors (Lipinski definition) is 6. The molecule has 28 heavy (non-hydrogen) atoms. The second-order valence-corrected chi connectivity index (χ2v) is 9.45. The zero-order valence-corrected chi connectivity index (χ0v) is 16.5. The van der Waals surface area contributed by atoms with Gasteiger partial charge in [0.25, 0.3) is 0 Å². The van der Waals surface area contributed by atoms with E-state index in [0.717, 1.165) is 24.4 Å². The van der Waals surface area contributed by atoms with Crippen LogP contribution in [0.2, 0.25) is 0 Å². The van der Waals surface area contributed by atoms with E-state index in [1.807, 2.05) is 0 Å². The number of amides is 1. The van der Waals surface area contributed by atoms with Crippen molar-refractivity contribution >= 4 is 33.2 Å². The summed E-state index contributed by atoms with van der Waals surface area (Å²) in [6.45, 7) is 0. The van der Waals surface area contributed by atoms with Gasteiger partial charge in [-0.05, 0) is 30.2 Å². The Kier molecular flexibility index (Phi) is 6.65. The second kappa shape index (κ2) is 8.99. The van der Waals surface area contributed by atoms with Gasteiger partial charge in [-0.15, -0.1) is 5.10 Å². The molecular weight excluding hydrogens is 410 g/mol. The Balaban J connectivity index is 1.48. The Morgan fingerprint density at radius 1 is 1.25 bits per heavy atom. The number of hydrogen-bond donors (Lipinski definition) is 2. The molecule has 0 aliphatic heterocycles. The third kappa shape index (κ3) is 5.28. The first-order chi connectivity index (χ1) is 13.3. The highest BCUT2D eigenvalue weighted by Crippen LogP contribution is 2.27. The molecule has 2 N–H and O–H groups in total. The molecule has 1 aromatic heterocycles. The second-order valence-electron chi connectivity index (χ2n) is 6.59. The third-order valence-corrected chi connectivity index (χ3v) is 6.75. The van der Waals surface area contributed by atoms with Crippen molar-refractivity contribution < 1.29 is 22.0 Å². The number of alkyl halides is 2. The Morgan fingerprint density at radius 3 is 2.57 bits per heavy atom. The zero-order chi connectivity index (χ0) is 20.1. The number of nitrogens with one attached hydrogen (secondary N) is 2. The van der Waals surface area contributed by atoms with Gasteiger partial charge in [0.1, 0.15) is 5.82 Å². The fourth-order valence-corrected chi connectivity index (χ4v) is 4.42. The number of thioether (sulfide) groups is 1. The van der Waals surface area contributed by atoms with Gasteiger partial charge in [-0.2, -0.15) is 8.78 Å². The van der Waals surface area contributed by atoms with Crippen LogP contribution < -0.4 is 5.32 Å². The molecule has 1 aromatic carbocycles. The number of carbonyl (C=O) groups is 1. The molecule has 2 aromatic rings. The summed E-state index contributed by atoms with van der Waals surface area (Å²) in [6.07, 6.45) is 5.81. The Labute approximate surface area is 165 Å². The predicted molar refractivity (Wildman–Crippen MR) is 101 cm³/mol. The summed E-state index contributed by atoms with van der Waals surface area (Å²) in [4.78, 5) is 15.9. The summed E-state index contributed by atoms with van der Waals surface area (Å²) in [7, 11) is -4.65. The van der Waals surface area contributed by atoms with Crippen molar-refractivity contribution in [2.45, 2.75) is 47.9 Å². The maximum absolute atomic E-state index is 12.5. The first-order valence-electron chi connectivity index (χ1n) is 8.80. The van der Waals surface area contributed by atoms with Crippen LogP contribution in [-0.2, 0) is 21.1 Å². The molecule has 1 aliphatic rings. The number of nitrogens with zero attached hydrogens (tertiary/aromatic N) is 2. The average molecular weight is 431 g/mol. The lowest BCUT2D eigenvalue weighted by Gasteiger charge is -2.06. The number of rotatable bonds is 8. The first kappa shape index (κ1) is 20.7. The van der Waals surface area contributed by atoms with Crippen LogP contribution in [0.1, 0.15) is 31.5 Å². The lowest BCUT2D eigenvalue weighted by molar-refractivity contribution is -0.113. The molecule has 0 radical (unpaired) electrons. The highest BCUT2D eigenvalue weighted by molar-refractivity contribution is 7.99. The van der Waals surface area contributed by atoms with Gasteiger partial charge in [0.2, 0.25) is 20.9 Å². The molecule has 1 saturated carbocycles. The molecule has 0 unspecified atom stereocenters. The SMILES string of the molecule is O=C(CSc1n[nH]c(CC2CCCC2)n1)Nc1ccc(S(=O)(=O)C(F)F)cc1. The number of benzene rings is 1. The van der Waals surface area contributed by atoms with E-state index in [4.69, 9.17) is 0 Å². The largest absolute Gasteiger partial charge is 0.341 e. The van der Waals surface area contributed by atoms with Gasteiger partial charge < -0.3 is 5.32 Å². The maximum Gasteiger partial charge on any atom is 0.341 e. The Hall–Kier alpha value is -2.01. The molecule has 0 saturated heterocycles. The van der Waals surface area contributed by atoms with E-state index >= 15 is 0 Å². The molecule has 1 amide bonds. The molecule has 7 nitrogen and oxygen atoms in total. The summed E-state index contributed by atoms with van der Waals surface area (Å²) in [5.41, 5.74) is 0.315. The molecule has 152 valence electrons. The molecule has 1 fully saturated rings. The van der Waals surface area contributed by atoms with E-state index in [0.29, 0.717) is 16.8 Å². The van der Waals surface area contributed by atoms with E-state index in [9.17, 15) is 22.0 Å². The highest BCUT2D eigenvalue weighted by atomic mass is 32.2. The summed E-state index contributed by atoms with van der Waals surface area (Å²) in [5, 5.41) is 10.1. The fraction of sp³-hybridized carbons (Fsp3) is 0.471. The van der Waals surface area contributed by atoms with Crippen molar-refractivity contribution in [3.63, 3.8) is 0 Å². The van der Waals surface area contributed by atoms with Crippen molar-refractivity contribution in [1.29, 1.82) is 0 Å². The molecule has 0 atom stereocenters. The quantitative estimate of drug-likeness (QED) is 0.623. The lowest BCUT2D eigenvalue weighted by atomic mass is 10.0. The van der Waals surface area contributed by atoms with Gasteiger partial charge in [0.15, 0.2) is 0 Å². The smallest absolute Gasteiger partial charge is 0.325 e. The van der Waals surface area contributed by atoms with Crippen LogP contribution >= 0.6 is 11.8 Å². The minimum Gasteiger partial charge on any atom is -0.325 e. The number of H-pyrrole nitrogens is 1. The van der Waals surface area contributed by atoms with Gasteiger partial charge in [-0.3, -0.25) is 9.89 Å². The van der Waals surface area contributed by atoms with Gasteiger partial charge in [-0.1, -0.05) is 37.4 Å². The van der Waals surface area contributed by atoms with Crippen LogP contribution in [0.3, 0.4) is 0 Å². The Bertz CT molecular complexity index is 911. The van der Waals surface area contributed by atoms with Crippen LogP contribution in [0, 0.1) is 5.92 Å². The van der Waals surface area contributed by atoms with Gasteiger partial charge >= 0.3 is 5.76 Å². The average Bonchev–Trinajstić information content (AvgIpc) is 3.33. The van der Waals surface area contributed by atoms with Crippen LogP contribution in [0.4, 0.5) is 14.5 Å². The molecule has 11 heteroatoms. The molecular formula is C17H20F2N4O3S2. The minimum atomic E-state index is -4.65. The van der Waals surface area contributed by atoms with Crippen molar-refractivity contribution in [2.24, 2.45) is 5.92 Å². The summed E-state index contributed by atoms with van der Waals surface area (Å²) >= 11 is 1.18. The Morgan fingerprint density at radius 2 is 1.93 bits per heavy atom. The predicted octanol–water partition coefficient (Wildman–Crippen LogP) is 3.26. The summed E-state index contributed by atoms with van der Waals surface area (Å²) in [5.74, 6) is -2.28. The van der Waals surface area contributed by atoms with Crippen LogP contribution in [0.15, 0.2) is 34.3 Å². The third-order valence-electron chi connectivity index (χ3n) is 4.50. The molecule has 3 rings (SSSR count). The number of aromatic nitrogens is 3. The van der Waals surface area contributed by atoms with Crippen LogP contribution in [-0.4, -0.2) is 41.0 Å². The molecule has 0 spiro atoms. The van der Waals surface area contributed by atoms with Crippen molar-refractivity contribution in [3.05, 3.63) is 30.1 Å². The molecule has 0 bridgehead atoms. The molecule has 1 heterocycles. The normalized spacial score (nSPS) is 15.2. The van der Waals surface area contributed by atoms with Crippen LogP contribution in [0.5, 0.6) is 0 Å². The maximum atomic E-state index is 12.5. The summed E-state index contributed by atoms with van der Waals surface area (Å²) in [6, 6.07) is 4.61. The van der Waals surface area contributed by atoms with E-state index in [1.54, 1.807) is 0 Å². The lowest BCUT2D eigenvalue weighted by Crippen LogP contribution is -2.15.